The molecule has 5 aromatic rings. The van der Waals surface area contributed by atoms with Gasteiger partial charge in [0.05, 0.1) is 19.8 Å². The van der Waals surface area contributed by atoms with Gasteiger partial charge in [-0.05, 0) is 27.8 Å². The van der Waals surface area contributed by atoms with E-state index in [4.69, 9.17) is 18.9 Å². The number of rotatable bonds is 12. The molecule has 0 amide bonds. The predicted octanol–water partition coefficient (Wildman–Crippen LogP) is 6.88. The molecule has 0 spiro atoms. The number of ether oxygens (including phenoxy) is 4. The zero-order valence-electron chi connectivity index (χ0n) is 23.9. The Labute approximate surface area is 253 Å². The van der Waals surface area contributed by atoms with E-state index < -0.39 is 30.2 Å². The Morgan fingerprint density at radius 2 is 0.884 bits per heavy atom. The number of hydrogen-bond donors (Lipinski definition) is 1. The van der Waals surface area contributed by atoms with Crippen LogP contribution in [0.1, 0.15) is 27.8 Å². The van der Waals surface area contributed by atoms with Crippen LogP contribution in [0.3, 0.4) is 0 Å². The van der Waals surface area contributed by atoms with Crippen LogP contribution >= 0.6 is 0 Å². The molecule has 218 valence electrons. The van der Waals surface area contributed by atoms with Crippen molar-refractivity contribution in [3.05, 3.63) is 179 Å². The zero-order chi connectivity index (χ0) is 29.3. The van der Waals surface area contributed by atoms with Crippen LogP contribution in [0.2, 0.25) is 0 Å². The van der Waals surface area contributed by atoms with Crippen molar-refractivity contribution in [3.63, 3.8) is 0 Å². The van der Waals surface area contributed by atoms with E-state index in [-0.39, 0.29) is 6.61 Å². The predicted molar refractivity (Wildman–Crippen MR) is 166 cm³/mol. The second-order valence-electron chi connectivity index (χ2n) is 10.7. The van der Waals surface area contributed by atoms with Gasteiger partial charge < -0.3 is 24.1 Å². The fourth-order valence-electron chi connectivity index (χ4n) is 5.73. The molecule has 1 heterocycles. The van der Waals surface area contributed by atoms with Gasteiger partial charge in [-0.15, -0.1) is 0 Å². The summed E-state index contributed by atoms with van der Waals surface area (Å²) in [7, 11) is 0. The third-order valence-electron chi connectivity index (χ3n) is 7.86. The van der Waals surface area contributed by atoms with Gasteiger partial charge >= 0.3 is 0 Å². The Morgan fingerprint density at radius 1 is 0.512 bits per heavy atom. The lowest BCUT2D eigenvalue weighted by molar-refractivity contribution is -0.157. The Kier molecular flexibility index (Phi) is 9.38. The first-order valence-electron chi connectivity index (χ1n) is 14.7. The molecule has 5 aromatic carbocycles. The van der Waals surface area contributed by atoms with Crippen LogP contribution in [0.4, 0.5) is 0 Å². The molecule has 1 saturated heterocycles. The zero-order valence-corrected chi connectivity index (χ0v) is 23.9. The van der Waals surface area contributed by atoms with E-state index in [0.717, 1.165) is 27.8 Å². The first-order chi connectivity index (χ1) is 21.2. The summed E-state index contributed by atoms with van der Waals surface area (Å²) in [6, 6.07) is 50.5. The van der Waals surface area contributed by atoms with E-state index >= 15 is 0 Å². The quantitative estimate of drug-likeness (QED) is 0.165. The highest BCUT2D eigenvalue weighted by Crippen LogP contribution is 2.41. The van der Waals surface area contributed by atoms with Crippen molar-refractivity contribution < 1.29 is 24.1 Å². The summed E-state index contributed by atoms with van der Waals surface area (Å²) in [4.78, 5) is 0. The van der Waals surface area contributed by atoms with Gasteiger partial charge in [-0.1, -0.05) is 152 Å². The average molecular weight is 573 g/mol. The lowest BCUT2D eigenvalue weighted by Gasteiger charge is -2.37. The fourth-order valence-corrected chi connectivity index (χ4v) is 5.73. The van der Waals surface area contributed by atoms with Gasteiger partial charge in [-0.25, -0.2) is 0 Å². The molecule has 0 radical (unpaired) electrons. The highest BCUT2D eigenvalue weighted by Gasteiger charge is 2.48. The first-order valence-corrected chi connectivity index (χ1v) is 14.7. The summed E-state index contributed by atoms with van der Waals surface area (Å²) in [5.41, 5.74) is 4.08. The van der Waals surface area contributed by atoms with Crippen LogP contribution in [0, 0.1) is 0 Å². The molecule has 0 bridgehead atoms. The molecule has 4 atom stereocenters. The molecule has 43 heavy (non-hydrogen) atoms. The van der Waals surface area contributed by atoms with Gasteiger partial charge in [0.25, 0.3) is 0 Å². The summed E-state index contributed by atoms with van der Waals surface area (Å²) >= 11 is 0. The molecular formula is C38H36O5. The third kappa shape index (κ3) is 6.62. The lowest BCUT2D eigenvalue weighted by atomic mass is 9.80. The number of aliphatic hydroxyl groups is 1. The minimum Gasteiger partial charge on any atom is -0.368 e. The maximum Gasteiger partial charge on any atom is 0.184 e. The van der Waals surface area contributed by atoms with Crippen LogP contribution in [-0.4, -0.2) is 36.3 Å². The van der Waals surface area contributed by atoms with Crippen LogP contribution in [-0.2, 0) is 37.8 Å². The highest BCUT2D eigenvalue weighted by atomic mass is 16.7. The van der Waals surface area contributed by atoms with Gasteiger partial charge in [-0.2, -0.15) is 0 Å². The number of benzene rings is 5. The minimum absolute atomic E-state index is 0.153. The van der Waals surface area contributed by atoms with E-state index in [0.29, 0.717) is 13.2 Å². The number of aliphatic hydroxyl groups excluding tert-OH is 1. The Hall–Kier alpha value is -4.10. The molecule has 0 aromatic heterocycles. The van der Waals surface area contributed by atoms with Gasteiger partial charge in [0.2, 0.25) is 0 Å². The minimum atomic E-state index is -1.17. The van der Waals surface area contributed by atoms with E-state index in [1.807, 2.05) is 115 Å². The van der Waals surface area contributed by atoms with Gasteiger partial charge in [-0.3, -0.25) is 0 Å². The van der Waals surface area contributed by atoms with Crippen LogP contribution < -0.4 is 0 Å². The first kappa shape index (κ1) is 29.0. The maximum atomic E-state index is 11.1. The van der Waals surface area contributed by atoms with E-state index in [1.165, 1.54) is 0 Å². The van der Waals surface area contributed by atoms with Crippen molar-refractivity contribution in [2.24, 2.45) is 0 Å². The molecule has 6 rings (SSSR count). The van der Waals surface area contributed by atoms with E-state index in [9.17, 15) is 5.11 Å². The lowest BCUT2D eigenvalue weighted by Crippen LogP contribution is -2.41. The normalized spacial score (nSPS) is 20.2. The molecule has 0 aliphatic carbocycles. The van der Waals surface area contributed by atoms with Crippen molar-refractivity contribution in [1.29, 1.82) is 0 Å². The summed E-state index contributed by atoms with van der Waals surface area (Å²) in [5, 5.41) is 11.1. The van der Waals surface area contributed by atoms with Gasteiger partial charge in [0.15, 0.2) is 6.29 Å². The van der Waals surface area contributed by atoms with Crippen molar-refractivity contribution in [2.45, 2.75) is 43.4 Å². The SMILES string of the molecule is O[C@H]1O[C@H](COC(c2ccccc2)(c2ccccc2)c2ccccc2)[C@@H](OCc2ccccc2)[C@@H]1OCc1ccccc1. The average Bonchev–Trinajstić information content (AvgIpc) is 3.39. The molecule has 5 heteroatoms. The largest absolute Gasteiger partial charge is 0.368 e. The Morgan fingerprint density at radius 3 is 1.30 bits per heavy atom. The topological polar surface area (TPSA) is 57.2 Å². The monoisotopic (exact) mass is 572 g/mol. The van der Waals surface area contributed by atoms with E-state index in [2.05, 4.69) is 36.4 Å². The second-order valence-corrected chi connectivity index (χ2v) is 10.7. The standard InChI is InChI=1S/C38H36O5/c39-37-36(41-27-30-18-8-2-9-19-30)35(40-26-29-16-6-1-7-17-29)34(43-37)28-42-38(31-20-10-3-11-21-31,32-22-12-4-13-23-32)33-24-14-5-15-25-33/h1-25,34-37,39H,26-28H2/t34-,35-,36+,37+/m1/s1. The molecule has 0 saturated carbocycles. The summed E-state index contributed by atoms with van der Waals surface area (Å²) < 4.78 is 25.9. The molecule has 0 unspecified atom stereocenters. The number of hydrogen-bond acceptors (Lipinski definition) is 5. The second kappa shape index (κ2) is 13.9. The van der Waals surface area contributed by atoms with Crippen LogP contribution in [0.25, 0.3) is 0 Å². The smallest absolute Gasteiger partial charge is 0.184 e. The van der Waals surface area contributed by atoms with Crippen molar-refractivity contribution in [2.75, 3.05) is 6.61 Å². The fraction of sp³-hybridized carbons (Fsp3) is 0.211. The maximum absolute atomic E-state index is 11.1. The molecule has 1 N–H and O–H groups in total. The Bertz CT molecular complexity index is 1420. The molecular weight excluding hydrogens is 536 g/mol. The van der Waals surface area contributed by atoms with Crippen LogP contribution in [0.5, 0.6) is 0 Å². The summed E-state index contributed by atoms with van der Waals surface area (Å²) in [6.07, 6.45) is -3.02. The summed E-state index contributed by atoms with van der Waals surface area (Å²) in [6.45, 7) is 0.831. The van der Waals surface area contributed by atoms with Gasteiger partial charge in [0.1, 0.15) is 23.9 Å². The van der Waals surface area contributed by atoms with Crippen molar-refractivity contribution in [3.8, 4) is 0 Å². The molecule has 5 nitrogen and oxygen atoms in total. The molecule has 1 aliphatic rings. The van der Waals surface area contributed by atoms with Crippen molar-refractivity contribution in [1.82, 2.24) is 0 Å². The highest BCUT2D eigenvalue weighted by molar-refractivity contribution is 5.47. The third-order valence-corrected chi connectivity index (χ3v) is 7.86. The van der Waals surface area contributed by atoms with Crippen molar-refractivity contribution >= 4 is 0 Å². The molecule has 1 aliphatic heterocycles. The van der Waals surface area contributed by atoms with E-state index in [1.54, 1.807) is 0 Å². The van der Waals surface area contributed by atoms with Gasteiger partial charge in [0, 0.05) is 0 Å². The summed E-state index contributed by atoms with van der Waals surface area (Å²) in [5.74, 6) is 0. The Balaban J connectivity index is 1.32. The molecule has 1 fully saturated rings. The van der Waals surface area contributed by atoms with Crippen LogP contribution in [0.15, 0.2) is 152 Å².